The van der Waals surface area contributed by atoms with Crippen LogP contribution in [0.15, 0.2) is 61.2 Å². The van der Waals surface area contributed by atoms with Gasteiger partial charge in [0.25, 0.3) is 0 Å². The molecule has 6 aromatic rings. The van der Waals surface area contributed by atoms with Gasteiger partial charge in [0.15, 0.2) is 11.5 Å². The first-order valence-corrected chi connectivity index (χ1v) is 11.9. The highest BCUT2D eigenvalue weighted by Crippen LogP contribution is 2.34. The highest BCUT2D eigenvalue weighted by Gasteiger charge is 2.21. The zero-order chi connectivity index (χ0) is 26.4. The predicted molar refractivity (Wildman–Crippen MR) is 140 cm³/mol. The standard InChI is InChI=1S/C27H22F2N8O/c1-13(2)27(38)33-17-9-15(10-30-11-17)18-12-32-25-20(21(18)29)24(36-37-25)26-34-19-7-8-31-22(23(19)35-26)14-3-5-16(28)6-4-14/h3-13,27,33,38H,1-2H3,(H,34,35)(H,32,36,37). The monoisotopic (exact) mass is 512 g/mol. The number of fused-ring (bicyclic) bond motifs is 2. The molecule has 1 unspecified atom stereocenters. The summed E-state index contributed by atoms with van der Waals surface area (Å²) in [5.74, 6) is -0.562. The summed E-state index contributed by atoms with van der Waals surface area (Å²) in [5.41, 5.74) is 4.25. The first kappa shape index (κ1) is 23.6. The van der Waals surface area contributed by atoms with Gasteiger partial charge in [-0.2, -0.15) is 5.10 Å². The molecule has 0 amide bonds. The molecule has 0 aliphatic rings. The van der Waals surface area contributed by atoms with Crippen molar-refractivity contribution in [2.24, 2.45) is 5.92 Å². The summed E-state index contributed by atoms with van der Waals surface area (Å²) in [6.45, 7) is 3.76. The van der Waals surface area contributed by atoms with E-state index in [0.717, 1.165) is 0 Å². The topological polar surface area (TPSA) is 128 Å². The van der Waals surface area contributed by atoms with Gasteiger partial charge in [0.05, 0.1) is 28.5 Å². The number of hydrogen-bond acceptors (Lipinski definition) is 7. The summed E-state index contributed by atoms with van der Waals surface area (Å²) in [5, 5.41) is 20.3. The summed E-state index contributed by atoms with van der Waals surface area (Å²) in [6.07, 6.45) is 5.33. The minimum absolute atomic E-state index is 0.0236. The van der Waals surface area contributed by atoms with Crippen molar-refractivity contribution in [1.29, 1.82) is 0 Å². The van der Waals surface area contributed by atoms with Crippen LogP contribution in [0.4, 0.5) is 14.5 Å². The van der Waals surface area contributed by atoms with Gasteiger partial charge in [-0.15, -0.1) is 0 Å². The Morgan fingerprint density at radius 3 is 2.58 bits per heavy atom. The molecule has 0 aliphatic heterocycles. The van der Waals surface area contributed by atoms with Gasteiger partial charge in [0.2, 0.25) is 0 Å². The molecule has 38 heavy (non-hydrogen) atoms. The van der Waals surface area contributed by atoms with Gasteiger partial charge in [0, 0.05) is 35.3 Å². The van der Waals surface area contributed by atoms with Crippen LogP contribution in [0.25, 0.3) is 56.0 Å². The summed E-state index contributed by atoms with van der Waals surface area (Å²) in [4.78, 5) is 20.8. The molecule has 0 radical (unpaired) electrons. The number of benzene rings is 1. The zero-order valence-electron chi connectivity index (χ0n) is 20.4. The van der Waals surface area contributed by atoms with Crippen molar-refractivity contribution in [3.05, 3.63) is 72.8 Å². The van der Waals surface area contributed by atoms with Gasteiger partial charge in [-0.25, -0.2) is 18.7 Å². The lowest BCUT2D eigenvalue weighted by Gasteiger charge is -2.17. The molecular weight excluding hydrogens is 490 g/mol. The van der Waals surface area contributed by atoms with E-state index in [9.17, 15) is 9.50 Å². The van der Waals surface area contributed by atoms with Crippen LogP contribution in [-0.2, 0) is 0 Å². The van der Waals surface area contributed by atoms with E-state index < -0.39 is 12.0 Å². The molecular formula is C27H22F2N8O. The van der Waals surface area contributed by atoms with Crippen molar-refractivity contribution in [1.82, 2.24) is 35.1 Å². The molecule has 0 saturated carbocycles. The second kappa shape index (κ2) is 9.27. The normalized spacial score (nSPS) is 12.5. The lowest BCUT2D eigenvalue weighted by atomic mass is 10.1. The number of imidazole rings is 1. The zero-order valence-corrected chi connectivity index (χ0v) is 20.4. The second-order valence-corrected chi connectivity index (χ2v) is 9.23. The molecule has 9 nitrogen and oxygen atoms in total. The van der Waals surface area contributed by atoms with Crippen LogP contribution in [0.2, 0.25) is 0 Å². The van der Waals surface area contributed by atoms with Crippen LogP contribution in [-0.4, -0.2) is 46.5 Å². The maximum Gasteiger partial charge on any atom is 0.184 e. The van der Waals surface area contributed by atoms with Crippen LogP contribution in [0, 0.1) is 17.6 Å². The highest BCUT2D eigenvalue weighted by atomic mass is 19.1. The third-order valence-electron chi connectivity index (χ3n) is 6.27. The van der Waals surface area contributed by atoms with Crippen molar-refractivity contribution < 1.29 is 13.9 Å². The van der Waals surface area contributed by atoms with E-state index in [1.54, 1.807) is 36.7 Å². The van der Waals surface area contributed by atoms with Crippen molar-refractivity contribution in [2.75, 3.05) is 5.32 Å². The Labute approximate surface area is 215 Å². The third kappa shape index (κ3) is 4.12. The fourth-order valence-electron chi connectivity index (χ4n) is 4.20. The Morgan fingerprint density at radius 2 is 1.79 bits per heavy atom. The van der Waals surface area contributed by atoms with Gasteiger partial charge in [-0.3, -0.25) is 15.1 Å². The molecule has 0 spiro atoms. The highest BCUT2D eigenvalue weighted by molar-refractivity contribution is 5.96. The van der Waals surface area contributed by atoms with Gasteiger partial charge in [0.1, 0.15) is 29.1 Å². The third-order valence-corrected chi connectivity index (χ3v) is 6.27. The van der Waals surface area contributed by atoms with E-state index in [2.05, 4.69) is 40.4 Å². The Balaban J connectivity index is 1.44. The van der Waals surface area contributed by atoms with E-state index in [1.807, 2.05) is 13.8 Å². The average Bonchev–Trinajstić information content (AvgIpc) is 3.54. The number of aromatic amines is 2. The molecule has 5 aromatic heterocycles. The fourth-order valence-corrected chi connectivity index (χ4v) is 4.20. The number of anilines is 1. The number of pyridine rings is 3. The van der Waals surface area contributed by atoms with Crippen molar-refractivity contribution in [2.45, 2.75) is 20.1 Å². The van der Waals surface area contributed by atoms with Crippen molar-refractivity contribution >= 4 is 27.8 Å². The van der Waals surface area contributed by atoms with E-state index in [-0.39, 0.29) is 28.3 Å². The van der Waals surface area contributed by atoms with Crippen LogP contribution in [0.1, 0.15) is 13.8 Å². The molecule has 1 aromatic carbocycles. The molecule has 11 heteroatoms. The maximum absolute atomic E-state index is 16.0. The van der Waals surface area contributed by atoms with E-state index in [1.165, 1.54) is 24.5 Å². The number of aliphatic hydroxyl groups is 1. The number of H-pyrrole nitrogens is 2. The number of nitrogens with zero attached hydrogens (tertiary/aromatic N) is 5. The number of hydrogen-bond donors (Lipinski definition) is 4. The lowest BCUT2D eigenvalue weighted by molar-refractivity contribution is 0.153. The van der Waals surface area contributed by atoms with Gasteiger partial charge < -0.3 is 15.4 Å². The maximum atomic E-state index is 16.0. The van der Waals surface area contributed by atoms with Gasteiger partial charge in [-0.05, 0) is 42.3 Å². The van der Waals surface area contributed by atoms with Crippen LogP contribution < -0.4 is 5.32 Å². The largest absolute Gasteiger partial charge is 0.374 e. The Morgan fingerprint density at radius 1 is 0.974 bits per heavy atom. The SMILES string of the molecule is CC(C)C(O)Nc1cncc(-c2cnc3n[nH]c(-c4nc5c(-c6ccc(F)cc6)nccc5[nH]4)c3c2F)c1. The minimum atomic E-state index is -0.777. The Kier molecular flexibility index (Phi) is 5.76. The molecule has 4 N–H and O–H groups in total. The number of nitrogens with one attached hydrogen (secondary N) is 3. The van der Waals surface area contributed by atoms with Crippen molar-refractivity contribution in [3.8, 4) is 33.9 Å². The predicted octanol–water partition coefficient (Wildman–Crippen LogP) is 5.29. The summed E-state index contributed by atoms with van der Waals surface area (Å²) in [7, 11) is 0. The first-order valence-electron chi connectivity index (χ1n) is 11.9. The van der Waals surface area contributed by atoms with Crippen LogP contribution in [0.5, 0.6) is 0 Å². The summed E-state index contributed by atoms with van der Waals surface area (Å²) >= 11 is 0. The molecule has 0 saturated heterocycles. The van der Waals surface area contributed by atoms with Crippen LogP contribution in [0.3, 0.4) is 0 Å². The Hall–Kier alpha value is -4.77. The molecule has 5 heterocycles. The van der Waals surface area contributed by atoms with Gasteiger partial charge >= 0.3 is 0 Å². The molecule has 0 aliphatic carbocycles. The van der Waals surface area contributed by atoms with E-state index in [4.69, 9.17) is 0 Å². The second-order valence-electron chi connectivity index (χ2n) is 9.23. The van der Waals surface area contributed by atoms with E-state index >= 15 is 4.39 Å². The van der Waals surface area contributed by atoms with Gasteiger partial charge in [-0.1, -0.05) is 13.8 Å². The fraction of sp³-hybridized carbons (Fsp3) is 0.148. The van der Waals surface area contributed by atoms with E-state index in [0.29, 0.717) is 45.1 Å². The first-order chi connectivity index (χ1) is 18.4. The Bertz CT molecular complexity index is 1780. The number of halogens is 2. The van der Waals surface area contributed by atoms with Crippen molar-refractivity contribution in [3.63, 3.8) is 0 Å². The van der Waals surface area contributed by atoms with Crippen LogP contribution >= 0.6 is 0 Å². The molecule has 1 atom stereocenters. The molecule has 0 bridgehead atoms. The molecule has 6 rings (SSSR count). The quantitative estimate of drug-likeness (QED) is 0.223. The number of aliphatic hydroxyl groups excluding tert-OH is 1. The molecule has 190 valence electrons. The smallest absolute Gasteiger partial charge is 0.184 e. The average molecular weight is 513 g/mol. The summed E-state index contributed by atoms with van der Waals surface area (Å²) < 4.78 is 29.5. The molecule has 0 fully saturated rings. The lowest BCUT2D eigenvalue weighted by Crippen LogP contribution is -2.24. The summed E-state index contributed by atoms with van der Waals surface area (Å²) in [6, 6.07) is 9.43. The number of rotatable bonds is 6. The minimum Gasteiger partial charge on any atom is -0.374 e. The number of aromatic nitrogens is 7.